The zero-order valence-corrected chi connectivity index (χ0v) is 17.2. The highest BCUT2D eigenvalue weighted by atomic mass is 35.5. The maximum atomic E-state index is 12.9. The molecule has 0 saturated carbocycles. The molecule has 31 heavy (non-hydrogen) atoms. The van der Waals surface area contributed by atoms with Crippen LogP contribution in [0.3, 0.4) is 0 Å². The number of anilines is 1. The van der Waals surface area contributed by atoms with Crippen molar-refractivity contribution < 1.29 is 9.59 Å². The summed E-state index contributed by atoms with van der Waals surface area (Å²) in [6.07, 6.45) is 3.71. The minimum Gasteiger partial charge on any atom is -0.342 e. The molecule has 3 amide bonds. The third-order valence-electron chi connectivity index (χ3n) is 5.31. The van der Waals surface area contributed by atoms with Crippen molar-refractivity contribution in [2.75, 3.05) is 4.90 Å². The van der Waals surface area contributed by atoms with Crippen molar-refractivity contribution >= 4 is 46.2 Å². The Morgan fingerprint density at radius 1 is 0.871 bits per heavy atom. The van der Waals surface area contributed by atoms with Crippen LogP contribution in [0.1, 0.15) is 11.1 Å². The van der Waals surface area contributed by atoms with Crippen LogP contribution in [0.25, 0.3) is 17.0 Å². The highest BCUT2D eigenvalue weighted by molar-refractivity contribution is 6.31. The van der Waals surface area contributed by atoms with E-state index in [1.807, 2.05) is 60.8 Å². The number of halogens is 1. The van der Waals surface area contributed by atoms with Crippen LogP contribution in [-0.2, 0) is 11.3 Å². The largest absolute Gasteiger partial charge is 0.342 e. The first kappa shape index (κ1) is 19.2. The number of para-hydroxylation sites is 2. The summed E-state index contributed by atoms with van der Waals surface area (Å²) in [5, 5.41) is 4.40. The first-order valence-corrected chi connectivity index (χ1v) is 10.2. The van der Waals surface area contributed by atoms with Crippen LogP contribution in [0, 0.1) is 0 Å². The van der Waals surface area contributed by atoms with Gasteiger partial charge in [0.25, 0.3) is 5.91 Å². The van der Waals surface area contributed by atoms with Gasteiger partial charge in [0, 0.05) is 34.2 Å². The van der Waals surface area contributed by atoms with Crippen molar-refractivity contribution in [3.8, 4) is 0 Å². The predicted octanol–water partition coefficient (Wildman–Crippen LogP) is 5.44. The standard InChI is InChI=1S/C25H18ClN3O2/c26-21-12-6-4-8-17(21)15-28-16-18(20-11-5-7-13-23(20)28)14-22-24(30)29(25(31)27-22)19-9-2-1-3-10-19/h1-14,16H,15H2,(H,27,31)/b22-14+. The number of carbonyl (C=O) groups is 2. The van der Waals surface area contributed by atoms with E-state index in [2.05, 4.69) is 9.88 Å². The van der Waals surface area contributed by atoms with Gasteiger partial charge in [0.2, 0.25) is 0 Å². The number of imide groups is 1. The fourth-order valence-electron chi connectivity index (χ4n) is 3.83. The number of fused-ring (bicyclic) bond motifs is 1. The molecule has 5 rings (SSSR count). The maximum absolute atomic E-state index is 12.9. The number of nitrogens with one attached hydrogen (secondary N) is 1. The Hall–Kier alpha value is -3.83. The molecule has 5 nitrogen and oxygen atoms in total. The van der Waals surface area contributed by atoms with Gasteiger partial charge in [-0.2, -0.15) is 0 Å². The van der Waals surface area contributed by atoms with Crippen molar-refractivity contribution in [1.29, 1.82) is 0 Å². The summed E-state index contributed by atoms with van der Waals surface area (Å²) in [7, 11) is 0. The van der Waals surface area contributed by atoms with Gasteiger partial charge in [0.15, 0.2) is 0 Å². The van der Waals surface area contributed by atoms with E-state index in [1.54, 1.807) is 30.3 Å². The lowest BCUT2D eigenvalue weighted by Gasteiger charge is -2.10. The lowest BCUT2D eigenvalue weighted by atomic mass is 10.1. The average molecular weight is 428 g/mol. The summed E-state index contributed by atoms with van der Waals surface area (Å²) in [4.78, 5) is 26.6. The van der Waals surface area contributed by atoms with Crippen LogP contribution in [0.15, 0.2) is 90.8 Å². The predicted molar refractivity (Wildman–Crippen MR) is 123 cm³/mol. The number of urea groups is 1. The van der Waals surface area contributed by atoms with Gasteiger partial charge in [-0.1, -0.05) is 66.2 Å². The van der Waals surface area contributed by atoms with E-state index >= 15 is 0 Å². The minimum absolute atomic E-state index is 0.245. The summed E-state index contributed by atoms with van der Waals surface area (Å²) >= 11 is 6.36. The Kier molecular flexibility index (Phi) is 4.81. The molecule has 1 N–H and O–H groups in total. The Labute approximate surface area is 184 Å². The van der Waals surface area contributed by atoms with Gasteiger partial charge in [-0.15, -0.1) is 0 Å². The normalized spacial score (nSPS) is 15.1. The molecule has 152 valence electrons. The molecule has 0 aliphatic carbocycles. The van der Waals surface area contributed by atoms with Crippen molar-refractivity contribution in [3.05, 3.63) is 107 Å². The maximum Gasteiger partial charge on any atom is 0.333 e. The fraction of sp³-hybridized carbons (Fsp3) is 0.0400. The summed E-state index contributed by atoms with van der Waals surface area (Å²) in [5.41, 5.74) is 3.65. The molecule has 1 saturated heterocycles. The number of carbonyl (C=O) groups excluding carboxylic acids is 2. The second-order valence-electron chi connectivity index (χ2n) is 7.29. The molecule has 3 aromatic carbocycles. The Morgan fingerprint density at radius 3 is 2.39 bits per heavy atom. The molecule has 0 radical (unpaired) electrons. The number of hydrogen-bond acceptors (Lipinski definition) is 2. The molecule has 4 aromatic rings. The molecule has 1 aromatic heterocycles. The number of amides is 3. The van der Waals surface area contributed by atoms with Crippen molar-refractivity contribution in [2.24, 2.45) is 0 Å². The molecule has 0 bridgehead atoms. The lowest BCUT2D eigenvalue weighted by Crippen LogP contribution is -2.30. The highest BCUT2D eigenvalue weighted by Crippen LogP contribution is 2.28. The molecule has 1 fully saturated rings. The van der Waals surface area contributed by atoms with Crippen LogP contribution < -0.4 is 10.2 Å². The number of hydrogen-bond donors (Lipinski definition) is 1. The Bertz CT molecular complexity index is 1340. The van der Waals surface area contributed by atoms with Crippen LogP contribution in [0.4, 0.5) is 10.5 Å². The SMILES string of the molecule is O=C1N/C(=C/c2cn(Cc3ccccc3Cl)c3ccccc23)C(=O)N1c1ccccc1. The van der Waals surface area contributed by atoms with Crippen LogP contribution >= 0.6 is 11.6 Å². The third-order valence-corrected chi connectivity index (χ3v) is 5.68. The van der Waals surface area contributed by atoms with Crippen molar-refractivity contribution in [3.63, 3.8) is 0 Å². The monoisotopic (exact) mass is 427 g/mol. The van der Waals surface area contributed by atoms with Gasteiger partial charge in [-0.05, 0) is 35.9 Å². The summed E-state index contributed by atoms with van der Waals surface area (Å²) in [6.45, 7) is 0.597. The molecule has 6 heteroatoms. The van der Waals surface area contributed by atoms with Crippen LogP contribution in [-0.4, -0.2) is 16.5 Å². The van der Waals surface area contributed by atoms with Gasteiger partial charge in [0.05, 0.1) is 5.69 Å². The van der Waals surface area contributed by atoms with Gasteiger partial charge < -0.3 is 9.88 Å². The number of aromatic nitrogens is 1. The smallest absolute Gasteiger partial charge is 0.333 e. The average Bonchev–Trinajstić information content (AvgIpc) is 3.27. The van der Waals surface area contributed by atoms with E-state index in [1.165, 1.54) is 0 Å². The highest BCUT2D eigenvalue weighted by Gasteiger charge is 2.34. The molecule has 0 spiro atoms. The molecule has 1 aliphatic rings. The summed E-state index contributed by atoms with van der Waals surface area (Å²) in [5.74, 6) is -0.376. The first-order chi connectivity index (χ1) is 15.1. The second-order valence-corrected chi connectivity index (χ2v) is 7.69. The molecule has 0 unspecified atom stereocenters. The first-order valence-electron chi connectivity index (χ1n) is 9.85. The van der Waals surface area contributed by atoms with Crippen molar-refractivity contribution in [1.82, 2.24) is 9.88 Å². The quantitative estimate of drug-likeness (QED) is 0.348. The summed E-state index contributed by atoms with van der Waals surface area (Å²) < 4.78 is 2.10. The molecule has 2 heterocycles. The van der Waals surface area contributed by atoms with Gasteiger partial charge in [-0.3, -0.25) is 4.79 Å². The van der Waals surface area contributed by atoms with E-state index in [9.17, 15) is 9.59 Å². The molecular formula is C25H18ClN3O2. The number of rotatable bonds is 4. The fourth-order valence-corrected chi connectivity index (χ4v) is 4.03. The Morgan fingerprint density at radius 2 is 1.58 bits per heavy atom. The molecule has 1 aliphatic heterocycles. The zero-order chi connectivity index (χ0) is 21.4. The van der Waals surface area contributed by atoms with Crippen molar-refractivity contribution in [2.45, 2.75) is 6.54 Å². The third kappa shape index (κ3) is 3.49. The minimum atomic E-state index is -0.456. The van der Waals surface area contributed by atoms with Gasteiger partial charge >= 0.3 is 6.03 Å². The lowest BCUT2D eigenvalue weighted by molar-refractivity contribution is -0.113. The Balaban J connectivity index is 1.54. The van der Waals surface area contributed by atoms with E-state index in [0.717, 1.165) is 26.9 Å². The van der Waals surface area contributed by atoms with E-state index in [0.29, 0.717) is 17.3 Å². The summed E-state index contributed by atoms with van der Waals surface area (Å²) in [6, 6.07) is 24.1. The van der Waals surface area contributed by atoms with Gasteiger partial charge in [-0.25, -0.2) is 9.69 Å². The van der Waals surface area contributed by atoms with E-state index < -0.39 is 6.03 Å². The van der Waals surface area contributed by atoms with Gasteiger partial charge in [0.1, 0.15) is 5.70 Å². The number of benzene rings is 3. The topological polar surface area (TPSA) is 54.3 Å². The molecular weight excluding hydrogens is 410 g/mol. The van der Waals surface area contributed by atoms with Crippen LogP contribution in [0.5, 0.6) is 0 Å². The zero-order valence-electron chi connectivity index (χ0n) is 16.5. The second kappa shape index (κ2) is 7.78. The van der Waals surface area contributed by atoms with E-state index in [-0.39, 0.29) is 11.6 Å². The molecule has 0 atom stereocenters. The van der Waals surface area contributed by atoms with E-state index in [4.69, 9.17) is 11.6 Å². The van der Waals surface area contributed by atoms with Crippen LogP contribution in [0.2, 0.25) is 5.02 Å². The number of nitrogens with zero attached hydrogens (tertiary/aromatic N) is 2.